The van der Waals surface area contributed by atoms with Crippen molar-refractivity contribution in [1.29, 1.82) is 0 Å². The average Bonchev–Trinajstić information content (AvgIpc) is 3.26. The fraction of sp³-hybridized carbons (Fsp3) is 0.154. The molecular weight excluding hydrogens is 344 g/mol. The molecule has 6 rings (SSSR count). The van der Waals surface area contributed by atoms with Crippen LogP contribution in [0, 0.1) is 6.92 Å². The van der Waals surface area contributed by atoms with Gasteiger partial charge in [0.25, 0.3) is 0 Å². The fourth-order valence-corrected chi connectivity index (χ4v) is 4.60. The molecule has 0 saturated carbocycles. The van der Waals surface area contributed by atoms with E-state index in [4.69, 9.17) is 9.15 Å². The van der Waals surface area contributed by atoms with Gasteiger partial charge in [0, 0.05) is 27.8 Å². The van der Waals surface area contributed by atoms with Crippen LogP contribution in [0.15, 0.2) is 82.8 Å². The van der Waals surface area contributed by atoms with Crippen molar-refractivity contribution in [3.63, 3.8) is 0 Å². The number of hydrogen-bond acceptors (Lipinski definition) is 2. The lowest BCUT2D eigenvalue weighted by Crippen LogP contribution is -2.16. The third-order valence-electron chi connectivity index (χ3n) is 6.01. The third kappa shape index (κ3) is 2.15. The van der Waals surface area contributed by atoms with Crippen LogP contribution in [0.3, 0.4) is 0 Å². The van der Waals surface area contributed by atoms with Gasteiger partial charge in [-0.2, -0.15) is 0 Å². The van der Waals surface area contributed by atoms with E-state index in [-0.39, 0.29) is 12.0 Å². The van der Waals surface area contributed by atoms with Crippen LogP contribution in [0.4, 0.5) is 0 Å². The zero-order valence-corrected chi connectivity index (χ0v) is 15.9. The van der Waals surface area contributed by atoms with Gasteiger partial charge in [-0.3, -0.25) is 0 Å². The molecule has 0 fully saturated rings. The number of rotatable bonds is 1. The largest absolute Gasteiger partial charge is 0.485 e. The zero-order chi connectivity index (χ0) is 18.8. The highest BCUT2D eigenvalue weighted by Gasteiger charge is 2.33. The lowest BCUT2D eigenvalue weighted by atomic mass is 9.88. The van der Waals surface area contributed by atoms with Crippen molar-refractivity contribution in [2.45, 2.75) is 25.9 Å². The quantitative estimate of drug-likeness (QED) is 0.366. The molecule has 0 N–H and O–H groups in total. The summed E-state index contributed by atoms with van der Waals surface area (Å²) in [7, 11) is 0. The van der Waals surface area contributed by atoms with Gasteiger partial charge < -0.3 is 9.15 Å². The second-order valence-corrected chi connectivity index (χ2v) is 7.87. The number of aryl methyl sites for hydroxylation is 1. The van der Waals surface area contributed by atoms with Gasteiger partial charge in [0.05, 0.1) is 0 Å². The first-order valence-corrected chi connectivity index (χ1v) is 9.77. The van der Waals surface area contributed by atoms with Gasteiger partial charge in [0.15, 0.2) is 0 Å². The summed E-state index contributed by atoms with van der Waals surface area (Å²) in [6.07, 6.45) is 6.73. The summed E-state index contributed by atoms with van der Waals surface area (Å²) in [5, 5.41) is 2.35. The highest BCUT2D eigenvalue weighted by Crippen LogP contribution is 2.45. The number of para-hydroxylation sites is 2. The summed E-state index contributed by atoms with van der Waals surface area (Å²) in [5.74, 6) is 1.28. The maximum Gasteiger partial charge on any atom is 0.143 e. The van der Waals surface area contributed by atoms with Gasteiger partial charge in [0.2, 0.25) is 0 Å². The molecule has 2 atom stereocenters. The first-order valence-electron chi connectivity index (χ1n) is 9.77. The summed E-state index contributed by atoms with van der Waals surface area (Å²) < 4.78 is 12.5. The first kappa shape index (κ1) is 15.8. The summed E-state index contributed by atoms with van der Waals surface area (Å²) in [5.41, 5.74) is 7.95. The number of ether oxygens (including phenoxy) is 1. The van der Waals surface area contributed by atoms with E-state index in [0.29, 0.717) is 0 Å². The van der Waals surface area contributed by atoms with E-state index in [1.54, 1.807) is 0 Å². The van der Waals surface area contributed by atoms with Crippen LogP contribution in [0.5, 0.6) is 5.75 Å². The molecular formula is C26H20O2. The normalized spacial score (nSPS) is 20.1. The van der Waals surface area contributed by atoms with Crippen LogP contribution in [-0.4, -0.2) is 6.10 Å². The van der Waals surface area contributed by atoms with Crippen molar-refractivity contribution in [3.8, 4) is 16.9 Å². The number of hydrogen-bond donors (Lipinski definition) is 0. The van der Waals surface area contributed by atoms with E-state index in [1.807, 2.05) is 0 Å². The van der Waals surface area contributed by atoms with E-state index in [0.717, 1.165) is 22.5 Å². The van der Waals surface area contributed by atoms with Crippen molar-refractivity contribution in [2.24, 2.45) is 0 Å². The molecule has 4 aromatic rings. The molecule has 0 radical (unpaired) electrons. The molecule has 0 saturated heterocycles. The number of benzene rings is 3. The number of fused-ring (bicyclic) bond motifs is 6. The monoisotopic (exact) mass is 364 g/mol. The Morgan fingerprint density at radius 2 is 1.68 bits per heavy atom. The minimum absolute atomic E-state index is 0.110. The predicted octanol–water partition coefficient (Wildman–Crippen LogP) is 6.92. The highest BCUT2D eigenvalue weighted by atomic mass is 16.5. The Kier molecular flexibility index (Phi) is 3.16. The number of allylic oxidation sites excluding steroid dienone is 2. The van der Waals surface area contributed by atoms with Crippen molar-refractivity contribution >= 4 is 21.9 Å². The summed E-state index contributed by atoms with van der Waals surface area (Å²) >= 11 is 0. The molecule has 136 valence electrons. The van der Waals surface area contributed by atoms with Crippen LogP contribution < -0.4 is 4.74 Å². The van der Waals surface area contributed by atoms with Crippen LogP contribution >= 0.6 is 0 Å². The lowest BCUT2D eigenvalue weighted by molar-refractivity contribution is 0.268. The van der Waals surface area contributed by atoms with Gasteiger partial charge in [-0.25, -0.2) is 0 Å². The molecule has 1 aromatic heterocycles. The Labute approximate surface area is 163 Å². The lowest BCUT2D eigenvalue weighted by Gasteiger charge is -2.16. The minimum atomic E-state index is 0.110. The second-order valence-electron chi connectivity index (χ2n) is 7.87. The van der Waals surface area contributed by atoms with E-state index in [1.165, 1.54) is 33.0 Å². The molecule has 28 heavy (non-hydrogen) atoms. The molecule has 1 aliphatic heterocycles. The SMILES string of the molecule is CC1=CC2c3cc(-c4cccc5c4oc4c(C)cccc45)ccc3OC2C=C1. The topological polar surface area (TPSA) is 22.4 Å². The van der Waals surface area contributed by atoms with Gasteiger partial charge in [-0.15, -0.1) is 0 Å². The molecule has 2 heterocycles. The molecule has 2 aliphatic rings. The average molecular weight is 364 g/mol. The van der Waals surface area contributed by atoms with E-state index >= 15 is 0 Å². The molecule has 2 nitrogen and oxygen atoms in total. The standard InChI is InChI=1S/C26H20O2/c1-15-9-11-23-21(13-15)22-14-17(10-12-24(22)27-23)18-6-4-8-20-19-7-3-5-16(2)25(19)28-26(18)20/h3-14,21,23H,1-2H3. The molecule has 0 bridgehead atoms. The molecule has 2 unspecified atom stereocenters. The van der Waals surface area contributed by atoms with E-state index in [2.05, 4.69) is 86.7 Å². The smallest absolute Gasteiger partial charge is 0.143 e. The Hall–Kier alpha value is -3.26. The van der Waals surface area contributed by atoms with Gasteiger partial charge in [0.1, 0.15) is 23.0 Å². The predicted molar refractivity (Wildman–Crippen MR) is 114 cm³/mol. The Balaban J connectivity index is 1.56. The van der Waals surface area contributed by atoms with Crippen molar-refractivity contribution in [3.05, 3.63) is 89.5 Å². The van der Waals surface area contributed by atoms with Crippen molar-refractivity contribution < 1.29 is 9.15 Å². The second kappa shape index (κ2) is 5.62. The Morgan fingerprint density at radius 1 is 0.857 bits per heavy atom. The van der Waals surface area contributed by atoms with Crippen LogP contribution in [0.1, 0.15) is 24.0 Å². The van der Waals surface area contributed by atoms with Gasteiger partial charge >= 0.3 is 0 Å². The first-order chi connectivity index (χ1) is 13.7. The van der Waals surface area contributed by atoms with Crippen LogP contribution in [0.2, 0.25) is 0 Å². The Morgan fingerprint density at radius 3 is 2.57 bits per heavy atom. The van der Waals surface area contributed by atoms with Gasteiger partial charge in [-0.1, -0.05) is 60.2 Å². The minimum Gasteiger partial charge on any atom is -0.485 e. The highest BCUT2D eigenvalue weighted by molar-refractivity contribution is 6.10. The maximum absolute atomic E-state index is 6.36. The summed E-state index contributed by atoms with van der Waals surface area (Å²) in [6, 6.07) is 19.3. The molecule has 2 heteroatoms. The zero-order valence-electron chi connectivity index (χ0n) is 15.9. The van der Waals surface area contributed by atoms with E-state index in [9.17, 15) is 0 Å². The van der Waals surface area contributed by atoms with Crippen molar-refractivity contribution in [1.82, 2.24) is 0 Å². The number of furan rings is 1. The van der Waals surface area contributed by atoms with Gasteiger partial charge in [-0.05, 0) is 43.2 Å². The summed E-state index contributed by atoms with van der Waals surface area (Å²) in [4.78, 5) is 0. The van der Waals surface area contributed by atoms with Crippen LogP contribution in [0.25, 0.3) is 33.1 Å². The molecule has 0 spiro atoms. The summed E-state index contributed by atoms with van der Waals surface area (Å²) in [6.45, 7) is 4.24. The van der Waals surface area contributed by atoms with Crippen LogP contribution in [-0.2, 0) is 0 Å². The third-order valence-corrected chi connectivity index (χ3v) is 6.01. The fourth-order valence-electron chi connectivity index (χ4n) is 4.60. The molecule has 3 aromatic carbocycles. The van der Waals surface area contributed by atoms with E-state index < -0.39 is 0 Å². The molecule has 1 aliphatic carbocycles. The maximum atomic E-state index is 6.36. The molecule has 0 amide bonds. The van der Waals surface area contributed by atoms with Crippen molar-refractivity contribution in [2.75, 3.05) is 0 Å². The Bertz CT molecular complexity index is 1320.